The van der Waals surface area contributed by atoms with Crippen molar-refractivity contribution in [2.75, 3.05) is 12.3 Å². The molecule has 19 heavy (non-hydrogen) atoms. The number of carbonyl (C=O) groups is 1. The molecule has 2 aliphatic rings. The van der Waals surface area contributed by atoms with E-state index in [-0.39, 0.29) is 17.3 Å². The predicted molar refractivity (Wildman–Crippen MR) is 81.6 cm³/mol. The van der Waals surface area contributed by atoms with Crippen LogP contribution in [0.2, 0.25) is 0 Å². The minimum absolute atomic E-state index is 0.0202. The highest BCUT2D eigenvalue weighted by Crippen LogP contribution is 2.41. The quantitative estimate of drug-likeness (QED) is 0.865. The number of nitrogens with zero attached hydrogens (tertiary/aromatic N) is 1. The molecule has 3 nitrogen and oxygen atoms in total. The molecule has 0 spiro atoms. The number of aryl methyl sites for hydroxylation is 1. The Kier molecular flexibility index (Phi) is 3.87. The van der Waals surface area contributed by atoms with Crippen molar-refractivity contribution in [2.24, 2.45) is 5.73 Å². The second-order valence-corrected chi connectivity index (χ2v) is 7.68. The Labute approximate surface area is 122 Å². The lowest BCUT2D eigenvalue weighted by Gasteiger charge is -2.38. The second-order valence-electron chi connectivity index (χ2n) is 5.47. The smallest absolute Gasteiger partial charge is 0.240 e. The van der Waals surface area contributed by atoms with E-state index < -0.39 is 0 Å². The summed E-state index contributed by atoms with van der Waals surface area (Å²) in [5.41, 5.74) is 7.24. The van der Waals surface area contributed by atoms with E-state index in [1.165, 1.54) is 10.4 Å². The van der Waals surface area contributed by atoms with E-state index >= 15 is 0 Å². The zero-order chi connectivity index (χ0) is 13.4. The Morgan fingerprint density at radius 2 is 2.37 bits per heavy atom. The fraction of sp³-hybridized carbons (Fsp3) is 0.643. The van der Waals surface area contributed by atoms with Gasteiger partial charge in [-0.1, -0.05) is 0 Å². The van der Waals surface area contributed by atoms with E-state index in [1.54, 1.807) is 23.1 Å². The summed E-state index contributed by atoms with van der Waals surface area (Å²) in [6, 6.07) is 2.67. The predicted octanol–water partition coefficient (Wildman–Crippen LogP) is 2.42. The molecule has 2 N–H and O–H groups in total. The van der Waals surface area contributed by atoms with Crippen LogP contribution in [0.1, 0.15) is 35.5 Å². The topological polar surface area (TPSA) is 46.3 Å². The summed E-state index contributed by atoms with van der Waals surface area (Å²) in [7, 11) is 0. The molecule has 3 atom stereocenters. The fourth-order valence-corrected chi connectivity index (χ4v) is 5.40. The summed E-state index contributed by atoms with van der Waals surface area (Å²) >= 11 is 3.59. The van der Waals surface area contributed by atoms with Crippen molar-refractivity contribution in [1.29, 1.82) is 0 Å². The van der Waals surface area contributed by atoms with Crippen LogP contribution in [-0.4, -0.2) is 35.2 Å². The van der Waals surface area contributed by atoms with E-state index in [0.717, 1.165) is 31.6 Å². The molecule has 104 valence electrons. The molecule has 5 heteroatoms. The van der Waals surface area contributed by atoms with Gasteiger partial charge in [0.15, 0.2) is 0 Å². The number of carbonyl (C=O) groups excluding carboxylic acids is 1. The molecule has 3 heterocycles. The van der Waals surface area contributed by atoms with Crippen molar-refractivity contribution in [3.8, 4) is 0 Å². The number of hydrogen-bond donors (Lipinski definition) is 1. The van der Waals surface area contributed by atoms with Gasteiger partial charge in [-0.3, -0.25) is 4.79 Å². The first-order valence-electron chi connectivity index (χ1n) is 6.90. The molecule has 1 amide bonds. The number of thiophene rings is 1. The van der Waals surface area contributed by atoms with Crippen LogP contribution in [0.15, 0.2) is 11.4 Å². The third-order valence-electron chi connectivity index (χ3n) is 4.10. The molecule has 1 saturated heterocycles. The Balaban J connectivity index is 1.78. The first kappa shape index (κ1) is 13.5. The molecular formula is C14H20N2OS2. The number of amides is 1. The first-order valence-corrected chi connectivity index (χ1v) is 8.83. The van der Waals surface area contributed by atoms with Gasteiger partial charge in [-0.2, -0.15) is 0 Å². The Hall–Kier alpha value is -0.520. The highest BCUT2D eigenvalue weighted by atomic mass is 32.2. The number of nitrogens with two attached hydrogens (primary N) is 1. The highest BCUT2D eigenvalue weighted by molar-refractivity contribution is 8.00. The molecule has 3 rings (SSSR count). The van der Waals surface area contributed by atoms with Gasteiger partial charge < -0.3 is 10.6 Å². The van der Waals surface area contributed by atoms with Gasteiger partial charge in [0.05, 0.1) is 0 Å². The van der Waals surface area contributed by atoms with Crippen molar-refractivity contribution in [3.05, 3.63) is 21.9 Å². The number of rotatable bonds is 1. The van der Waals surface area contributed by atoms with Crippen molar-refractivity contribution in [3.63, 3.8) is 0 Å². The van der Waals surface area contributed by atoms with Gasteiger partial charge in [-0.25, -0.2) is 0 Å². The molecule has 0 bridgehead atoms. The van der Waals surface area contributed by atoms with Crippen molar-refractivity contribution in [2.45, 2.75) is 43.5 Å². The van der Waals surface area contributed by atoms with Crippen LogP contribution in [0.25, 0.3) is 0 Å². The molecular weight excluding hydrogens is 276 g/mol. The van der Waals surface area contributed by atoms with Gasteiger partial charge in [0.25, 0.3) is 0 Å². The average Bonchev–Trinajstić information content (AvgIpc) is 2.86. The number of likely N-dealkylation sites (tertiary alicyclic amines) is 1. The van der Waals surface area contributed by atoms with E-state index in [1.807, 2.05) is 4.90 Å². The lowest BCUT2D eigenvalue weighted by Crippen LogP contribution is -2.49. The summed E-state index contributed by atoms with van der Waals surface area (Å²) in [5, 5.41) is 2.14. The summed E-state index contributed by atoms with van der Waals surface area (Å²) in [6.45, 7) is 2.94. The highest BCUT2D eigenvalue weighted by Gasteiger charge is 2.35. The van der Waals surface area contributed by atoms with Crippen molar-refractivity contribution < 1.29 is 4.79 Å². The van der Waals surface area contributed by atoms with E-state index in [0.29, 0.717) is 5.91 Å². The number of thioether (sulfide) groups is 1. The van der Waals surface area contributed by atoms with Crippen LogP contribution in [0, 0.1) is 0 Å². The zero-order valence-electron chi connectivity index (χ0n) is 11.2. The maximum atomic E-state index is 12.8. The molecule has 1 fully saturated rings. The van der Waals surface area contributed by atoms with Crippen LogP contribution >= 0.6 is 23.1 Å². The van der Waals surface area contributed by atoms with Crippen molar-refractivity contribution >= 4 is 29.0 Å². The maximum Gasteiger partial charge on any atom is 0.240 e. The third-order valence-corrected chi connectivity index (χ3v) is 6.33. The fourth-order valence-electron chi connectivity index (χ4n) is 3.04. The average molecular weight is 296 g/mol. The standard InChI is InChI=1S/C14H20N2OS2/c1-9-8-10(15)2-5-16(9)14(17)13-11-3-6-18-12(11)4-7-19-13/h3,6,9-10,13H,2,4-5,7-8,15H2,1H3/t9-,10+,13-/m1/s1. The molecule has 0 aromatic carbocycles. The third kappa shape index (κ3) is 2.56. The molecule has 0 radical (unpaired) electrons. The minimum atomic E-state index is 0.0202. The van der Waals surface area contributed by atoms with Gasteiger partial charge in [0, 0.05) is 23.5 Å². The monoisotopic (exact) mass is 296 g/mol. The Morgan fingerprint density at radius 1 is 1.53 bits per heavy atom. The summed E-state index contributed by atoms with van der Waals surface area (Å²) in [5.74, 6) is 1.36. The second kappa shape index (κ2) is 5.46. The molecule has 0 unspecified atom stereocenters. The normalized spacial score (nSPS) is 31.1. The zero-order valence-corrected chi connectivity index (χ0v) is 12.8. The summed E-state index contributed by atoms with van der Waals surface area (Å²) < 4.78 is 0. The largest absolute Gasteiger partial charge is 0.339 e. The Morgan fingerprint density at radius 3 is 3.16 bits per heavy atom. The van der Waals surface area contributed by atoms with Crippen LogP contribution in [0.5, 0.6) is 0 Å². The van der Waals surface area contributed by atoms with Crippen LogP contribution in [-0.2, 0) is 11.2 Å². The van der Waals surface area contributed by atoms with Crippen molar-refractivity contribution in [1.82, 2.24) is 4.90 Å². The van der Waals surface area contributed by atoms with Gasteiger partial charge >= 0.3 is 0 Å². The SMILES string of the molecule is C[C@@H]1C[C@@H](N)CCN1C(=O)[C@@H]1SCCc2sccc21. The molecule has 2 aliphatic heterocycles. The first-order chi connectivity index (χ1) is 9.16. The summed E-state index contributed by atoms with van der Waals surface area (Å²) in [6.07, 6.45) is 2.98. The molecule has 0 aliphatic carbocycles. The van der Waals surface area contributed by atoms with Gasteiger partial charge in [0.1, 0.15) is 5.25 Å². The van der Waals surface area contributed by atoms with Crippen LogP contribution in [0.4, 0.5) is 0 Å². The van der Waals surface area contributed by atoms with Gasteiger partial charge in [-0.05, 0) is 48.9 Å². The number of fused-ring (bicyclic) bond motifs is 1. The maximum absolute atomic E-state index is 12.8. The van der Waals surface area contributed by atoms with E-state index in [4.69, 9.17) is 5.73 Å². The number of hydrogen-bond acceptors (Lipinski definition) is 4. The summed E-state index contributed by atoms with van der Waals surface area (Å²) in [4.78, 5) is 16.3. The van der Waals surface area contributed by atoms with Gasteiger partial charge in [0.2, 0.25) is 5.91 Å². The van der Waals surface area contributed by atoms with Gasteiger partial charge in [-0.15, -0.1) is 23.1 Å². The molecule has 1 aromatic heterocycles. The van der Waals surface area contributed by atoms with E-state index in [9.17, 15) is 4.79 Å². The minimum Gasteiger partial charge on any atom is -0.339 e. The lowest BCUT2D eigenvalue weighted by atomic mass is 9.98. The van der Waals surface area contributed by atoms with Crippen LogP contribution < -0.4 is 5.73 Å². The van der Waals surface area contributed by atoms with E-state index in [2.05, 4.69) is 18.4 Å². The van der Waals surface area contributed by atoms with Crippen LogP contribution in [0.3, 0.4) is 0 Å². The lowest BCUT2D eigenvalue weighted by molar-refractivity contribution is -0.134. The molecule has 0 saturated carbocycles. The number of piperidine rings is 1. The molecule has 1 aromatic rings. The Bertz CT molecular complexity index is 474.